The van der Waals surface area contributed by atoms with Crippen molar-refractivity contribution in [3.8, 4) is 0 Å². The van der Waals surface area contributed by atoms with Gasteiger partial charge in [0, 0.05) is 23.4 Å². The molecular formula is C28H29N6O4P. The maximum Gasteiger partial charge on any atom is 0.361 e. The third-order valence-electron chi connectivity index (χ3n) is 6.24. The summed E-state index contributed by atoms with van der Waals surface area (Å²) in [6.07, 6.45) is 1.48. The molecule has 3 N–H and O–H groups in total. The lowest BCUT2D eigenvalue weighted by atomic mass is 10.00. The molecule has 0 saturated carbocycles. The quantitative estimate of drug-likeness (QED) is 0.181. The van der Waals surface area contributed by atoms with E-state index in [0.29, 0.717) is 34.2 Å². The predicted molar refractivity (Wildman–Crippen MR) is 150 cm³/mol. The summed E-state index contributed by atoms with van der Waals surface area (Å²) in [5.74, 6) is 0.477. The van der Waals surface area contributed by atoms with Gasteiger partial charge in [-0.15, -0.1) is 5.10 Å². The van der Waals surface area contributed by atoms with Crippen molar-refractivity contribution in [2.75, 3.05) is 23.8 Å². The lowest BCUT2D eigenvalue weighted by Gasteiger charge is -2.18. The zero-order valence-corrected chi connectivity index (χ0v) is 22.6. The zero-order valence-electron chi connectivity index (χ0n) is 21.7. The van der Waals surface area contributed by atoms with Gasteiger partial charge in [-0.25, -0.2) is 5.10 Å². The van der Waals surface area contributed by atoms with E-state index in [1.165, 1.54) is 0 Å². The summed E-state index contributed by atoms with van der Waals surface area (Å²) in [5, 5.41) is 20.7. The van der Waals surface area contributed by atoms with Crippen LogP contribution in [0.25, 0.3) is 11.3 Å². The van der Waals surface area contributed by atoms with Crippen LogP contribution >= 0.6 is 7.60 Å². The Morgan fingerprint density at radius 1 is 0.949 bits per heavy atom. The maximum atomic E-state index is 13.5. The number of benzene rings is 3. The highest BCUT2D eigenvalue weighted by Gasteiger charge is 2.33. The number of hydrogen-bond donors (Lipinski definition) is 3. The van der Waals surface area contributed by atoms with Crippen LogP contribution in [0.5, 0.6) is 0 Å². The molecule has 11 heteroatoms. The van der Waals surface area contributed by atoms with Crippen LogP contribution in [0.3, 0.4) is 0 Å². The molecule has 0 spiro atoms. The van der Waals surface area contributed by atoms with E-state index >= 15 is 0 Å². The average Bonchev–Trinajstić information content (AvgIpc) is 3.59. The van der Waals surface area contributed by atoms with Crippen LogP contribution < -0.4 is 15.9 Å². The second kappa shape index (κ2) is 11.7. The first-order valence-corrected chi connectivity index (χ1v) is 14.3. The normalized spacial score (nSPS) is 14.2. The number of tetrazole rings is 1. The number of aromatic amines is 1. The van der Waals surface area contributed by atoms with E-state index in [9.17, 15) is 9.36 Å². The lowest BCUT2D eigenvalue weighted by molar-refractivity contribution is -0.110. The van der Waals surface area contributed by atoms with Crippen LogP contribution in [0.4, 0.5) is 11.4 Å². The van der Waals surface area contributed by atoms with E-state index < -0.39 is 7.60 Å². The summed E-state index contributed by atoms with van der Waals surface area (Å²) in [6, 6.07) is 22.8. The molecule has 0 unspecified atom stereocenters. The Morgan fingerprint density at radius 2 is 1.69 bits per heavy atom. The van der Waals surface area contributed by atoms with Crippen LogP contribution in [-0.4, -0.2) is 39.7 Å². The van der Waals surface area contributed by atoms with Gasteiger partial charge in [0.1, 0.15) is 5.82 Å². The molecule has 3 aromatic carbocycles. The van der Waals surface area contributed by atoms with Gasteiger partial charge in [-0.2, -0.15) is 0 Å². The third-order valence-corrected chi connectivity index (χ3v) is 8.34. The van der Waals surface area contributed by atoms with Crippen LogP contribution in [0.2, 0.25) is 0 Å². The number of aryl methyl sites for hydroxylation is 2. The summed E-state index contributed by atoms with van der Waals surface area (Å²) >= 11 is 0. The fourth-order valence-corrected chi connectivity index (χ4v) is 6.03. The topological polar surface area (TPSA) is 131 Å². The first kappa shape index (κ1) is 26.5. The van der Waals surface area contributed by atoms with Gasteiger partial charge in [-0.1, -0.05) is 42.5 Å². The standard InChI is InChI=1S/C28H29N6O4P/c1-3-37-39(36,38-4-2)22-15-16-24-23(18-22)26(28(35)30-24)27(20-8-6-5-7-9-20)29-21-13-10-19(11-14-21)12-17-25-31-33-34-32-25/h5-11,13-16,18,29H,3-4,12,17H2,1-2H3,(H,30,35)(H,31,32,33,34)/b27-26-. The number of anilines is 2. The molecule has 0 bridgehead atoms. The van der Waals surface area contributed by atoms with E-state index in [1.54, 1.807) is 32.0 Å². The van der Waals surface area contributed by atoms with Crippen molar-refractivity contribution in [3.05, 3.63) is 95.3 Å². The molecule has 1 amide bonds. The molecule has 2 heterocycles. The van der Waals surface area contributed by atoms with Gasteiger partial charge in [-0.3, -0.25) is 9.36 Å². The Bertz CT molecular complexity index is 1510. The minimum Gasteiger partial charge on any atom is -0.354 e. The zero-order chi connectivity index (χ0) is 27.2. The molecule has 5 rings (SSSR count). The Hall–Kier alpha value is -4.11. The van der Waals surface area contributed by atoms with Crippen molar-refractivity contribution < 1.29 is 18.4 Å². The Balaban J connectivity index is 1.52. The van der Waals surface area contributed by atoms with Gasteiger partial charge in [0.05, 0.1) is 29.8 Å². The second-order valence-corrected chi connectivity index (χ2v) is 10.8. The number of aromatic nitrogens is 4. The number of fused-ring (bicyclic) bond motifs is 1. The molecule has 200 valence electrons. The molecule has 0 saturated heterocycles. The average molecular weight is 545 g/mol. The van der Waals surface area contributed by atoms with Crippen LogP contribution in [0.1, 0.15) is 36.4 Å². The van der Waals surface area contributed by atoms with Gasteiger partial charge in [0.2, 0.25) is 0 Å². The number of hydrogen-bond acceptors (Lipinski definition) is 8. The monoisotopic (exact) mass is 544 g/mol. The Morgan fingerprint density at radius 3 is 2.36 bits per heavy atom. The molecule has 0 aliphatic carbocycles. The summed E-state index contributed by atoms with van der Waals surface area (Å²) in [6.45, 7) is 4.00. The van der Waals surface area contributed by atoms with Gasteiger partial charge in [0.25, 0.3) is 5.91 Å². The summed E-state index contributed by atoms with van der Waals surface area (Å²) in [7, 11) is -3.55. The molecule has 4 aromatic rings. The fraction of sp³-hybridized carbons (Fsp3) is 0.214. The van der Waals surface area contributed by atoms with Crippen molar-refractivity contribution >= 4 is 41.5 Å². The minimum absolute atomic E-state index is 0.232. The number of amides is 1. The van der Waals surface area contributed by atoms with Crippen molar-refractivity contribution in [2.24, 2.45) is 0 Å². The number of rotatable bonds is 11. The van der Waals surface area contributed by atoms with Crippen molar-refractivity contribution in [1.29, 1.82) is 0 Å². The van der Waals surface area contributed by atoms with Gasteiger partial charge in [-0.05, 0) is 72.2 Å². The molecule has 1 aliphatic rings. The number of carbonyl (C=O) groups excluding carboxylic acids is 1. The Kier molecular flexibility index (Phi) is 7.97. The van der Waals surface area contributed by atoms with Crippen LogP contribution in [0, 0.1) is 0 Å². The SMILES string of the molecule is CCOP(=O)(OCC)c1ccc2c(c1)/C(=C(/Nc1ccc(CCc3nnn[nH]3)cc1)c1ccccc1)C(=O)N2. The van der Waals surface area contributed by atoms with Gasteiger partial charge < -0.3 is 19.7 Å². The lowest BCUT2D eigenvalue weighted by Crippen LogP contribution is -2.12. The molecule has 10 nitrogen and oxygen atoms in total. The fourth-order valence-electron chi connectivity index (χ4n) is 4.43. The summed E-state index contributed by atoms with van der Waals surface area (Å²) in [5.41, 5.74) is 5.11. The smallest absolute Gasteiger partial charge is 0.354 e. The highest BCUT2D eigenvalue weighted by molar-refractivity contribution is 7.62. The first-order valence-electron chi connectivity index (χ1n) is 12.7. The third kappa shape index (κ3) is 5.83. The molecule has 0 atom stereocenters. The van der Waals surface area contributed by atoms with E-state index in [-0.39, 0.29) is 19.1 Å². The van der Waals surface area contributed by atoms with Crippen molar-refractivity contribution in [3.63, 3.8) is 0 Å². The minimum atomic E-state index is -3.55. The highest BCUT2D eigenvalue weighted by atomic mass is 31.2. The van der Waals surface area contributed by atoms with Gasteiger partial charge >= 0.3 is 7.60 Å². The number of H-pyrrole nitrogens is 1. The number of nitrogens with zero attached hydrogens (tertiary/aromatic N) is 3. The summed E-state index contributed by atoms with van der Waals surface area (Å²) < 4.78 is 24.6. The predicted octanol–water partition coefficient (Wildman–Crippen LogP) is 4.81. The van der Waals surface area contributed by atoms with E-state index in [1.807, 2.05) is 54.6 Å². The van der Waals surface area contributed by atoms with Crippen molar-refractivity contribution in [2.45, 2.75) is 26.7 Å². The second-order valence-electron chi connectivity index (χ2n) is 8.80. The number of nitrogens with one attached hydrogen (secondary N) is 3. The molecule has 1 aromatic heterocycles. The largest absolute Gasteiger partial charge is 0.361 e. The molecular weight excluding hydrogens is 515 g/mol. The number of carbonyl (C=O) groups is 1. The van der Waals surface area contributed by atoms with Gasteiger partial charge in [0.15, 0.2) is 0 Å². The van der Waals surface area contributed by atoms with Crippen LogP contribution in [-0.2, 0) is 31.2 Å². The van der Waals surface area contributed by atoms with Crippen molar-refractivity contribution in [1.82, 2.24) is 20.6 Å². The van der Waals surface area contributed by atoms with E-state index in [0.717, 1.165) is 29.1 Å². The van der Waals surface area contributed by atoms with E-state index in [2.05, 4.69) is 31.3 Å². The Labute approximate surface area is 226 Å². The molecule has 39 heavy (non-hydrogen) atoms. The molecule has 1 aliphatic heterocycles. The van der Waals surface area contributed by atoms with E-state index in [4.69, 9.17) is 9.05 Å². The van der Waals surface area contributed by atoms with Crippen LogP contribution in [0.15, 0.2) is 72.8 Å². The molecule has 0 fully saturated rings. The highest BCUT2D eigenvalue weighted by Crippen LogP contribution is 2.48. The first-order chi connectivity index (χ1) is 19.0. The molecule has 0 radical (unpaired) electrons. The summed E-state index contributed by atoms with van der Waals surface area (Å²) in [4.78, 5) is 13.3. The maximum absolute atomic E-state index is 13.5.